The highest BCUT2D eigenvalue weighted by Gasteiger charge is 2.31. The van der Waals surface area contributed by atoms with Crippen molar-refractivity contribution in [2.45, 2.75) is 58.5 Å². The molecule has 1 unspecified atom stereocenters. The Morgan fingerprint density at radius 2 is 2.29 bits per heavy atom. The molecule has 1 N–H and O–H groups in total. The molecule has 130 valence electrons. The number of esters is 1. The fraction of sp³-hybridized carbons (Fsp3) is 0.588. The lowest BCUT2D eigenvalue weighted by atomic mass is 10.2. The van der Waals surface area contributed by atoms with Gasteiger partial charge in [0.15, 0.2) is 5.69 Å². The maximum absolute atomic E-state index is 11.7. The molecule has 2 heterocycles. The first-order chi connectivity index (χ1) is 11.6. The summed E-state index contributed by atoms with van der Waals surface area (Å²) in [5.41, 5.74) is 2.79. The molecule has 3 rings (SSSR count). The van der Waals surface area contributed by atoms with E-state index in [4.69, 9.17) is 4.74 Å². The number of nitrogens with one attached hydrogen (secondary N) is 1. The van der Waals surface area contributed by atoms with Gasteiger partial charge in [0.2, 0.25) is 0 Å². The van der Waals surface area contributed by atoms with Crippen molar-refractivity contribution in [3.05, 3.63) is 28.0 Å². The third-order valence-corrected chi connectivity index (χ3v) is 5.12. The summed E-state index contributed by atoms with van der Waals surface area (Å²) in [7, 11) is 0. The highest BCUT2D eigenvalue weighted by molar-refractivity contribution is 7.09. The lowest BCUT2D eigenvalue weighted by Gasteiger charge is -2.15. The van der Waals surface area contributed by atoms with Gasteiger partial charge in [0.1, 0.15) is 5.01 Å². The molecule has 7 heteroatoms. The Morgan fingerprint density at radius 3 is 2.96 bits per heavy atom. The number of aromatic nitrogens is 3. The molecule has 0 amide bonds. The van der Waals surface area contributed by atoms with Crippen molar-refractivity contribution in [1.82, 2.24) is 14.8 Å². The van der Waals surface area contributed by atoms with Crippen molar-refractivity contribution in [1.29, 1.82) is 0 Å². The third kappa shape index (κ3) is 3.61. The van der Waals surface area contributed by atoms with E-state index < -0.39 is 0 Å². The second kappa shape index (κ2) is 7.34. The number of hydrogen-bond acceptors (Lipinski definition) is 6. The molecule has 1 atom stereocenters. The van der Waals surface area contributed by atoms with Crippen LogP contribution in [0, 0.1) is 0 Å². The quantitative estimate of drug-likeness (QED) is 0.731. The molecule has 0 bridgehead atoms. The van der Waals surface area contributed by atoms with Gasteiger partial charge in [0.25, 0.3) is 0 Å². The average Bonchev–Trinajstić information content (AvgIpc) is 3.15. The molecular weight excluding hydrogens is 324 g/mol. The molecule has 0 saturated heterocycles. The Balaban J connectivity index is 1.69. The molecular formula is C17H24N4O2S. The van der Waals surface area contributed by atoms with Crippen LogP contribution in [0.15, 0.2) is 11.6 Å². The fourth-order valence-corrected chi connectivity index (χ4v) is 3.36. The Morgan fingerprint density at radius 1 is 1.50 bits per heavy atom. The summed E-state index contributed by atoms with van der Waals surface area (Å²) in [6, 6.07) is 0.409. The van der Waals surface area contributed by atoms with Crippen LogP contribution in [0.2, 0.25) is 0 Å². The van der Waals surface area contributed by atoms with Crippen molar-refractivity contribution in [2.24, 2.45) is 0 Å². The summed E-state index contributed by atoms with van der Waals surface area (Å²) in [6.07, 6.45) is 5.46. The van der Waals surface area contributed by atoms with Gasteiger partial charge in [-0.05, 0) is 33.1 Å². The van der Waals surface area contributed by atoms with E-state index in [1.807, 2.05) is 6.20 Å². The molecule has 1 fully saturated rings. The Kier molecular flexibility index (Phi) is 5.18. The average molecular weight is 348 g/mol. The van der Waals surface area contributed by atoms with Gasteiger partial charge >= 0.3 is 5.97 Å². The number of carbonyl (C=O) groups excluding carboxylic acids is 1. The van der Waals surface area contributed by atoms with Crippen LogP contribution in [-0.4, -0.2) is 27.3 Å². The Labute approximate surface area is 146 Å². The van der Waals surface area contributed by atoms with Crippen molar-refractivity contribution >= 4 is 23.0 Å². The highest BCUT2D eigenvalue weighted by atomic mass is 32.1. The predicted octanol–water partition coefficient (Wildman–Crippen LogP) is 3.98. The van der Waals surface area contributed by atoms with Gasteiger partial charge in [-0.25, -0.2) is 9.78 Å². The zero-order chi connectivity index (χ0) is 17.1. The molecule has 1 aliphatic rings. The van der Waals surface area contributed by atoms with Crippen molar-refractivity contribution in [3.8, 4) is 0 Å². The maximum atomic E-state index is 11.7. The van der Waals surface area contributed by atoms with E-state index >= 15 is 0 Å². The van der Waals surface area contributed by atoms with Crippen LogP contribution in [0.5, 0.6) is 0 Å². The van der Waals surface area contributed by atoms with E-state index in [1.165, 1.54) is 29.9 Å². The van der Waals surface area contributed by atoms with Crippen molar-refractivity contribution in [3.63, 3.8) is 0 Å². The molecule has 0 radical (unpaired) electrons. The maximum Gasteiger partial charge on any atom is 0.357 e. The molecule has 1 aliphatic carbocycles. The van der Waals surface area contributed by atoms with Crippen molar-refractivity contribution in [2.75, 3.05) is 11.9 Å². The summed E-state index contributed by atoms with van der Waals surface area (Å²) >= 11 is 1.47. The van der Waals surface area contributed by atoms with Crippen LogP contribution in [0.1, 0.15) is 73.2 Å². The lowest BCUT2D eigenvalue weighted by molar-refractivity contribution is 0.0520. The first-order valence-electron chi connectivity index (χ1n) is 8.56. The van der Waals surface area contributed by atoms with Crippen LogP contribution in [0.4, 0.5) is 5.69 Å². The highest BCUT2D eigenvalue weighted by Crippen LogP contribution is 2.44. The van der Waals surface area contributed by atoms with Gasteiger partial charge in [0, 0.05) is 17.3 Å². The Hall–Kier alpha value is -1.89. The molecule has 1 saturated carbocycles. The number of ether oxygens (including phenoxy) is 1. The monoisotopic (exact) mass is 348 g/mol. The minimum Gasteiger partial charge on any atom is -0.461 e. The zero-order valence-electron chi connectivity index (χ0n) is 14.4. The van der Waals surface area contributed by atoms with Gasteiger partial charge in [-0.1, -0.05) is 6.92 Å². The molecule has 0 spiro atoms. The summed E-state index contributed by atoms with van der Waals surface area (Å²) in [5, 5.41) is 10.6. The van der Waals surface area contributed by atoms with Gasteiger partial charge in [-0.15, -0.1) is 11.3 Å². The van der Waals surface area contributed by atoms with Gasteiger partial charge in [-0.2, -0.15) is 5.10 Å². The number of carbonyl (C=O) groups is 1. The predicted molar refractivity (Wildman–Crippen MR) is 94.6 cm³/mol. The van der Waals surface area contributed by atoms with E-state index in [0.717, 1.165) is 17.1 Å². The van der Waals surface area contributed by atoms with Gasteiger partial charge in [-0.3, -0.25) is 4.68 Å². The number of thiazole rings is 1. The van der Waals surface area contributed by atoms with E-state index in [2.05, 4.69) is 33.9 Å². The third-order valence-electron chi connectivity index (χ3n) is 4.27. The first-order valence-corrected chi connectivity index (χ1v) is 9.44. The largest absolute Gasteiger partial charge is 0.461 e. The normalized spacial score (nSPS) is 15.3. The number of rotatable bonds is 8. The van der Waals surface area contributed by atoms with E-state index in [-0.39, 0.29) is 5.97 Å². The standard InChI is InChI=1S/C17H24N4O2S/c1-4-11(3)21-16(12-6-7-12)13(8-19-21)18-9-15-20-14(10-24-15)17(22)23-5-2/h8,10-12,18H,4-7,9H2,1-3H3. The minimum absolute atomic E-state index is 0.358. The topological polar surface area (TPSA) is 69.0 Å². The van der Waals surface area contributed by atoms with E-state index in [1.54, 1.807) is 12.3 Å². The molecule has 24 heavy (non-hydrogen) atoms. The summed E-state index contributed by atoms with van der Waals surface area (Å²) in [4.78, 5) is 16.0. The van der Waals surface area contributed by atoms with Crippen LogP contribution >= 0.6 is 11.3 Å². The number of nitrogens with zero attached hydrogens (tertiary/aromatic N) is 3. The number of anilines is 1. The number of hydrogen-bond donors (Lipinski definition) is 1. The van der Waals surface area contributed by atoms with Crippen LogP contribution in [-0.2, 0) is 11.3 Å². The fourth-order valence-electron chi connectivity index (χ4n) is 2.66. The van der Waals surface area contributed by atoms with E-state index in [0.29, 0.717) is 30.8 Å². The summed E-state index contributed by atoms with van der Waals surface area (Å²) in [5.74, 6) is 0.263. The SMILES string of the molecule is CCOC(=O)c1csc(CNc2cnn(C(C)CC)c2C2CC2)n1. The molecule has 0 aromatic carbocycles. The van der Waals surface area contributed by atoms with Gasteiger partial charge in [0.05, 0.1) is 30.7 Å². The first kappa shape index (κ1) is 17.0. The molecule has 0 aliphatic heterocycles. The van der Waals surface area contributed by atoms with Crippen molar-refractivity contribution < 1.29 is 9.53 Å². The van der Waals surface area contributed by atoms with Crippen LogP contribution in [0.3, 0.4) is 0 Å². The molecule has 2 aromatic heterocycles. The van der Waals surface area contributed by atoms with E-state index in [9.17, 15) is 4.79 Å². The minimum atomic E-state index is -0.358. The lowest BCUT2D eigenvalue weighted by Crippen LogP contribution is -2.10. The summed E-state index contributed by atoms with van der Waals surface area (Å²) in [6.45, 7) is 7.14. The second-order valence-corrected chi connectivity index (χ2v) is 7.06. The molecule has 2 aromatic rings. The zero-order valence-corrected chi connectivity index (χ0v) is 15.2. The summed E-state index contributed by atoms with van der Waals surface area (Å²) < 4.78 is 7.14. The van der Waals surface area contributed by atoms with Gasteiger partial charge < -0.3 is 10.1 Å². The smallest absolute Gasteiger partial charge is 0.357 e. The second-order valence-electron chi connectivity index (χ2n) is 6.12. The van der Waals surface area contributed by atoms with Crippen LogP contribution < -0.4 is 5.32 Å². The molecule has 6 nitrogen and oxygen atoms in total. The Bertz CT molecular complexity index is 705. The van der Waals surface area contributed by atoms with Crippen LogP contribution in [0.25, 0.3) is 0 Å².